The van der Waals surface area contributed by atoms with Crippen molar-refractivity contribution in [2.24, 2.45) is 0 Å². The Balaban J connectivity index is 0.000000171. The number of likely N-dealkylation sites (tertiary alicyclic amines) is 1. The van der Waals surface area contributed by atoms with Gasteiger partial charge in [0.05, 0.1) is 9.74 Å². The van der Waals surface area contributed by atoms with Crippen LogP contribution >= 0.6 is 23.5 Å². The van der Waals surface area contributed by atoms with Gasteiger partial charge in [0.15, 0.2) is 0 Å². The second-order valence-electron chi connectivity index (χ2n) is 11.6. The first-order valence-corrected chi connectivity index (χ1v) is 14.3. The Kier molecular flexibility index (Phi) is 8.57. The van der Waals surface area contributed by atoms with Gasteiger partial charge in [-0.15, -0.1) is 23.5 Å². The number of thioether (sulfide) groups is 2. The minimum atomic E-state index is 0.312. The Morgan fingerprint density at radius 3 is 2.13 bits per heavy atom. The molecule has 0 bridgehead atoms. The molecule has 176 valence electrons. The van der Waals surface area contributed by atoms with Crippen LogP contribution in [0.1, 0.15) is 80.1 Å². The summed E-state index contributed by atoms with van der Waals surface area (Å²) < 4.78 is 0. The third-order valence-corrected chi connectivity index (χ3v) is 10.2. The van der Waals surface area contributed by atoms with Crippen molar-refractivity contribution in [3.8, 4) is 0 Å². The molecule has 4 aliphatic rings. The second-order valence-corrected chi connectivity index (χ2v) is 14.5. The fraction of sp³-hybridized carbons (Fsp3) is 1.00. The molecule has 30 heavy (non-hydrogen) atoms. The Morgan fingerprint density at radius 2 is 1.53 bits per heavy atom. The number of rotatable bonds is 0. The quantitative estimate of drug-likeness (QED) is 0.554. The van der Waals surface area contributed by atoms with Crippen LogP contribution in [0.3, 0.4) is 0 Å². The average molecular weight is 457 g/mol. The van der Waals surface area contributed by atoms with E-state index in [9.17, 15) is 0 Å². The van der Waals surface area contributed by atoms with E-state index in [1.807, 2.05) is 0 Å². The summed E-state index contributed by atoms with van der Waals surface area (Å²) in [6.07, 6.45) is 8.08. The lowest BCUT2D eigenvalue weighted by atomic mass is 9.96. The van der Waals surface area contributed by atoms with E-state index >= 15 is 0 Å². The summed E-state index contributed by atoms with van der Waals surface area (Å²) in [6, 6.07) is 0. The van der Waals surface area contributed by atoms with Gasteiger partial charge in [-0.1, -0.05) is 0 Å². The van der Waals surface area contributed by atoms with Crippen molar-refractivity contribution in [2.75, 3.05) is 50.8 Å². The van der Waals surface area contributed by atoms with Crippen molar-refractivity contribution in [3.05, 3.63) is 0 Å². The molecule has 2 atom stereocenters. The van der Waals surface area contributed by atoms with Gasteiger partial charge in [-0.25, -0.2) is 0 Å². The van der Waals surface area contributed by atoms with E-state index in [1.54, 1.807) is 0 Å². The highest BCUT2D eigenvalue weighted by atomic mass is 32.2. The predicted molar refractivity (Wildman–Crippen MR) is 137 cm³/mol. The van der Waals surface area contributed by atoms with Gasteiger partial charge < -0.3 is 10.6 Å². The topological polar surface area (TPSA) is 30.5 Å². The first kappa shape index (κ1) is 25.2. The van der Waals surface area contributed by atoms with Gasteiger partial charge in [-0.3, -0.25) is 9.80 Å². The number of piperidine rings is 2. The zero-order valence-corrected chi connectivity index (χ0v) is 22.2. The van der Waals surface area contributed by atoms with Crippen LogP contribution in [0, 0.1) is 0 Å². The van der Waals surface area contributed by atoms with Crippen molar-refractivity contribution in [3.63, 3.8) is 0 Å². The lowest BCUT2D eigenvalue weighted by molar-refractivity contribution is 0.0411. The highest BCUT2D eigenvalue weighted by molar-refractivity contribution is 8.00. The standard InChI is InChI=1S/2C12H24N2S/c1-11(2,3)14-8-4-6-12(10-14)13-7-5-9-15-12;1-11(2,3)14-8-5-9-15-12(14)6-4-7-13-10-12/h2*13H,4-10H2,1-3H3. The zero-order valence-electron chi connectivity index (χ0n) is 20.6. The van der Waals surface area contributed by atoms with Crippen molar-refractivity contribution in [2.45, 2.75) is 101 Å². The van der Waals surface area contributed by atoms with E-state index in [-0.39, 0.29) is 0 Å². The van der Waals surface area contributed by atoms with E-state index in [2.05, 4.69) is 85.5 Å². The molecule has 0 aromatic rings. The molecule has 0 radical (unpaired) electrons. The van der Waals surface area contributed by atoms with Gasteiger partial charge >= 0.3 is 0 Å². The SMILES string of the molecule is CC(C)(C)N1CCCC2(C1)NCCCS2.CC(C)(C)N1CCCSC12CCCNC2. The normalized spacial score (nSPS) is 34.6. The first-order chi connectivity index (χ1) is 14.1. The highest BCUT2D eigenvalue weighted by Crippen LogP contribution is 2.43. The van der Waals surface area contributed by atoms with Crippen LogP contribution in [0.15, 0.2) is 0 Å². The number of hydrogen-bond acceptors (Lipinski definition) is 6. The molecule has 4 rings (SSSR count). The summed E-state index contributed by atoms with van der Waals surface area (Å²) in [7, 11) is 0. The molecule has 4 aliphatic heterocycles. The van der Waals surface area contributed by atoms with Gasteiger partial charge in [-0.05, 0) is 111 Å². The fourth-order valence-electron chi connectivity index (χ4n) is 5.49. The van der Waals surface area contributed by atoms with Crippen LogP contribution in [0.2, 0.25) is 0 Å². The molecule has 4 saturated heterocycles. The summed E-state index contributed by atoms with van der Waals surface area (Å²) in [4.78, 5) is 6.15. The lowest BCUT2D eigenvalue weighted by Crippen LogP contribution is -2.63. The van der Waals surface area contributed by atoms with Crippen molar-refractivity contribution >= 4 is 23.5 Å². The third-order valence-electron chi connectivity index (χ3n) is 7.07. The monoisotopic (exact) mass is 456 g/mol. The lowest BCUT2D eigenvalue weighted by Gasteiger charge is -2.54. The molecule has 2 N–H and O–H groups in total. The molecule has 4 heterocycles. The van der Waals surface area contributed by atoms with E-state index in [4.69, 9.17) is 0 Å². The molecule has 0 aromatic carbocycles. The largest absolute Gasteiger partial charge is 0.314 e. The van der Waals surface area contributed by atoms with Crippen molar-refractivity contribution in [1.82, 2.24) is 20.4 Å². The number of hydrogen-bond donors (Lipinski definition) is 2. The summed E-state index contributed by atoms with van der Waals surface area (Å²) in [5, 5.41) is 7.34. The highest BCUT2D eigenvalue weighted by Gasteiger charge is 2.45. The molecule has 4 nitrogen and oxygen atoms in total. The maximum absolute atomic E-state index is 3.76. The van der Waals surface area contributed by atoms with Crippen LogP contribution < -0.4 is 10.6 Å². The second kappa shape index (κ2) is 10.2. The van der Waals surface area contributed by atoms with E-state index in [1.165, 1.54) is 89.3 Å². The molecule has 0 amide bonds. The predicted octanol–water partition coefficient (Wildman–Crippen LogP) is 4.61. The molecule has 6 heteroatoms. The summed E-state index contributed by atoms with van der Waals surface area (Å²) in [6.45, 7) is 21.4. The third kappa shape index (κ3) is 6.32. The Hall–Kier alpha value is 0.540. The van der Waals surface area contributed by atoms with Gasteiger partial charge in [-0.2, -0.15) is 0 Å². The van der Waals surface area contributed by atoms with Gasteiger partial charge in [0.1, 0.15) is 0 Å². The molecule has 2 spiro atoms. The Bertz CT molecular complexity index is 515. The van der Waals surface area contributed by atoms with Crippen LogP contribution in [0.5, 0.6) is 0 Å². The summed E-state index contributed by atoms with van der Waals surface area (Å²) in [5.41, 5.74) is 0.638. The van der Waals surface area contributed by atoms with Crippen molar-refractivity contribution < 1.29 is 0 Å². The Morgan fingerprint density at radius 1 is 0.767 bits per heavy atom. The summed E-state index contributed by atoms with van der Waals surface area (Å²) >= 11 is 4.34. The number of nitrogens with zero attached hydrogens (tertiary/aromatic N) is 2. The molecular weight excluding hydrogens is 408 g/mol. The van der Waals surface area contributed by atoms with E-state index in [0.29, 0.717) is 20.8 Å². The molecule has 0 saturated carbocycles. The number of nitrogens with one attached hydrogen (secondary N) is 2. The van der Waals surface area contributed by atoms with Gasteiger partial charge in [0.2, 0.25) is 0 Å². The van der Waals surface area contributed by atoms with Gasteiger partial charge in [0, 0.05) is 30.7 Å². The van der Waals surface area contributed by atoms with E-state index in [0.717, 1.165) is 0 Å². The van der Waals surface area contributed by atoms with E-state index < -0.39 is 0 Å². The Labute approximate surface area is 195 Å². The molecule has 0 aliphatic carbocycles. The summed E-state index contributed by atoms with van der Waals surface area (Å²) in [5.74, 6) is 2.68. The fourth-order valence-corrected chi connectivity index (χ4v) is 8.58. The molecule has 4 fully saturated rings. The van der Waals surface area contributed by atoms with Crippen molar-refractivity contribution in [1.29, 1.82) is 0 Å². The molecule has 2 unspecified atom stereocenters. The smallest absolute Gasteiger partial charge is 0.0800 e. The maximum atomic E-state index is 3.76. The molecule has 0 aromatic heterocycles. The minimum absolute atomic E-state index is 0.312. The minimum Gasteiger partial charge on any atom is -0.314 e. The first-order valence-electron chi connectivity index (χ1n) is 12.3. The maximum Gasteiger partial charge on any atom is 0.0800 e. The average Bonchev–Trinajstić information content (AvgIpc) is 2.69. The van der Waals surface area contributed by atoms with Gasteiger partial charge in [0.25, 0.3) is 0 Å². The zero-order chi connectivity index (χ0) is 21.9. The van der Waals surface area contributed by atoms with Crippen LogP contribution in [0.25, 0.3) is 0 Å². The van der Waals surface area contributed by atoms with Crippen LogP contribution in [-0.4, -0.2) is 81.4 Å². The van der Waals surface area contributed by atoms with Crippen LogP contribution in [0.4, 0.5) is 0 Å². The van der Waals surface area contributed by atoms with Crippen LogP contribution in [-0.2, 0) is 0 Å². The molecular formula is C24H48N4S2.